The number of thiophene rings is 1. The summed E-state index contributed by atoms with van der Waals surface area (Å²) in [5.41, 5.74) is 1.75. The predicted octanol–water partition coefficient (Wildman–Crippen LogP) is 1.74. The largest absolute Gasteiger partial charge is 0.391 e. The number of nitrogens with zero attached hydrogens (tertiary/aromatic N) is 3. The van der Waals surface area contributed by atoms with E-state index in [1.807, 2.05) is 6.07 Å². The number of imidazole rings is 1. The predicted molar refractivity (Wildman–Crippen MR) is 113 cm³/mol. The van der Waals surface area contributed by atoms with Crippen LogP contribution in [-0.4, -0.2) is 64.3 Å². The number of rotatable bonds is 4. The number of carbonyl (C=O) groups excluding carboxylic acids is 1. The third-order valence-electron chi connectivity index (χ3n) is 5.56. The van der Waals surface area contributed by atoms with Crippen molar-refractivity contribution in [3.05, 3.63) is 30.0 Å². The monoisotopic (exact) mass is 412 g/mol. The fraction of sp³-hybridized carbons (Fsp3) is 0.450. The van der Waals surface area contributed by atoms with Crippen LogP contribution < -0.4 is 15.5 Å². The van der Waals surface area contributed by atoms with Gasteiger partial charge >= 0.3 is 0 Å². The summed E-state index contributed by atoms with van der Waals surface area (Å²) in [5, 5.41) is 17.3. The molecule has 0 aromatic carbocycles. The van der Waals surface area contributed by atoms with Gasteiger partial charge in [-0.3, -0.25) is 4.79 Å². The highest BCUT2D eigenvalue weighted by atomic mass is 32.1. The average Bonchev–Trinajstić information content (AvgIpc) is 3.46. The highest BCUT2D eigenvalue weighted by Crippen LogP contribution is 2.34. The Morgan fingerprint density at radius 2 is 2.24 bits per heavy atom. The van der Waals surface area contributed by atoms with Crippen molar-refractivity contribution in [2.45, 2.75) is 31.4 Å². The molecule has 0 radical (unpaired) electrons. The summed E-state index contributed by atoms with van der Waals surface area (Å²) in [4.78, 5) is 28.3. The Hall–Kier alpha value is -2.49. The molecule has 1 amide bonds. The van der Waals surface area contributed by atoms with Crippen molar-refractivity contribution in [2.75, 3.05) is 31.1 Å². The number of fused-ring (bicyclic) bond motifs is 1. The number of piperidine rings is 1. The maximum atomic E-state index is 12.8. The molecular formula is C20H24N6O2S. The second-order valence-corrected chi connectivity index (χ2v) is 8.75. The quantitative estimate of drug-likeness (QED) is 0.520. The van der Waals surface area contributed by atoms with E-state index in [0.29, 0.717) is 29.1 Å². The van der Waals surface area contributed by atoms with Crippen molar-refractivity contribution in [1.29, 1.82) is 0 Å². The number of hydrogen-bond donors (Lipinski definition) is 4. The first-order chi connectivity index (χ1) is 14.2. The Labute approximate surface area is 172 Å². The molecule has 2 aliphatic rings. The normalized spacial score (nSPS) is 22.3. The number of aromatic nitrogens is 3. The molecule has 8 nitrogen and oxygen atoms in total. The van der Waals surface area contributed by atoms with E-state index in [9.17, 15) is 9.90 Å². The molecule has 0 spiro atoms. The summed E-state index contributed by atoms with van der Waals surface area (Å²) in [7, 11) is 0. The van der Waals surface area contributed by atoms with Crippen LogP contribution in [0.2, 0.25) is 0 Å². The van der Waals surface area contributed by atoms with Gasteiger partial charge in [-0.25, -0.2) is 9.97 Å². The molecule has 152 valence electrons. The van der Waals surface area contributed by atoms with Crippen LogP contribution in [-0.2, 0) is 0 Å². The molecular weight excluding hydrogens is 388 g/mol. The Bertz CT molecular complexity index is 1030. The standard InChI is InChI=1S/C20H24N6O2S/c27-13-6-9-26(11-13)16-4-3-15(29-16)18-24-17-14(5-8-22-19(17)25-18)20(28)23-12-2-1-7-21-10-12/h3-5,8,12-13,21,27H,1-2,6-7,9-11H2,(H,23,28)(H,22,24,25)/t12-,13?/m0/s1. The molecule has 2 saturated heterocycles. The fourth-order valence-corrected chi connectivity index (χ4v) is 5.00. The van der Waals surface area contributed by atoms with E-state index in [1.54, 1.807) is 23.6 Å². The highest BCUT2D eigenvalue weighted by molar-refractivity contribution is 7.19. The number of hydrogen-bond acceptors (Lipinski definition) is 7. The lowest BCUT2D eigenvalue weighted by Crippen LogP contribution is -2.45. The zero-order valence-electron chi connectivity index (χ0n) is 16.0. The zero-order valence-corrected chi connectivity index (χ0v) is 16.8. The summed E-state index contributed by atoms with van der Waals surface area (Å²) in [6.45, 7) is 3.34. The summed E-state index contributed by atoms with van der Waals surface area (Å²) in [6, 6.07) is 5.95. The molecule has 4 N–H and O–H groups in total. The second-order valence-electron chi connectivity index (χ2n) is 7.68. The number of amides is 1. The summed E-state index contributed by atoms with van der Waals surface area (Å²) in [6.07, 6.45) is 4.25. The van der Waals surface area contributed by atoms with Crippen LogP contribution in [0, 0.1) is 0 Å². The van der Waals surface area contributed by atoms with Gasteiger partial charge in [0.2, 0.25) is 0 Å². The molecule has 9 heteroatoms. The summed E-state index contributed by atoms with van der Waals surface area (Å²) >= 11 is 1.63. The molecule has 0 saturated carbocycles. The van der Waals surface area contributed by atoms with Crippen LogP contribution in [0.5, 0.6) is 0 Å². The van der Waals surface area contributed by atoms with E-state index in [4.69, 9.17) is 4.98 Å². The lowest BCUT2D eigenvalue weighted by atomic mass is 10.1. The molecule has 5 rings (SSSR count). The molecule has 2 atom stereocenters. The number of pyridine rings is 1. The van der Waals surface area contributed by atoms with E-state index in [1.165, 1.54) is 0 Å². The number of anilines is 1. The molecule has 0 aliphatic carbocycles. The number of carbonyl (C=O) groups is 1. The van der Waals surface area contributed by atoms with Crippen LogP contribution in [0.1, 0.15) is 29.6 Å². The third kappa shape index (κ3) is 3.73. The van der Waals surface area contributed by atoms with Gasteiger partial charge in [-0.05, 0) is 44.0 Å². The first-order valence-corrected chi connectivity index (χ1v) is 10.9. The number of aliphatic hydroxyl groups is 1. The fourth-order valence-electron chi connectivity index (χ4n) is 4.02. The topological polar surface area (TPSA) is 106 Å². The van der Waals surface area contributed by atoms with Crippen molar-refractivity contribution in [3.8, 4) is 10.7 Å². The van der Waals surface area contributed by atoms with E-state index < -0.39 is 0 Å². The van der Waals surface area contributed by atoms with Gasteiger partial charge in [-0.15, -0.1) is 11.3 Å². The Kier molecular flexibility index (Phi) is 4.94. The average molecular weight is 413 g/mol. The minimum atomic E-state index is -0.253. The van der Waals surface area contributed by atoms with Crippen molar-refractivity contribution in [2.24, 2.45) is 0 Å². The lowest BCUT2D eigenvalue weighted by Gasteiger charge is -2.23. The highest BCUT2D eigenvalue weighted by Gasteiger charge is 2.23. The van der Waals surface area contributed by atoms with Crippen molar-refractivity contribution < 1.29 is 9.90 Å². The van der Waals surface area contributed by atoms with Gasteiger partial charge in [-0.2, -0.15) is 0 Å². The Morgan fingerprint density at radius 3 is 3.03 bits per heavy atom. The van der Waals surface area contributed by atoms with E-state index in [0.717, 1.165) is 48.8 Å². The van der Waals surface area contributed by atoms with Gasteiger partial charge in [0, 0.05) is 31.9 Å². The first-order valence-electron chi connectivity index (χ1n) is 10.1. The molecule has 0 bridgehead atoms. The SMILES string of the molecule is O=C(N[C@H]1CCCNC1)c1ccnc2[nH]c(-c3ccc(N4CCC(O)C4)s3)nc12. The van der Waals surface area contributed by atoms with Gasteiger partial charge in [0.1, 0.15) is 11.3 Å². The van der Waals surface area contributed by atoms with E-state index in [-0.39, 0.29) is 18.1 Å². The molecule has 2 fully saturated rings. The van der Waals surface area contributed by atoms with Gasteiger partial charge in [0.15, 0.2) is 5.65 Å². The summed E-state index contributed by atoms with van der Waals surface area (Å²) < 4.78 is 0. The molecule has 29 heavy (non-hydrogen) atoms. The Balaban J connectivity index is 1.40. The van der Waals surface area contributed by atoms with E-state index in [2.05, 4.69) is 31.6 Å². The van der Waals surface area contributed by atoms with Crippen molar-refractivity contribution in [1.82, 2.24) is 25.6 Å². The minimum Gasteiger partial charge on any atom is -0.391 e. The number of nitrogens with one attached hydrogen (secondary N) is 3. The number of aliphatic hydroxyl groups excluding tert-OH is 1. The maximum absolute atomic E-state index is 12.8. The minimum absolute atomic E-state index is 0.109. The van der Waals surface area contributed by atoms with Crippen LogP contribution in [0.4, 0.5) is 5.00 Å². The Morgan fingerprint density at radius 1 is 1.31 bits per heavy atom. The number of H-pyrrole nitrogens is 1. The van der Waals surface area contributed by atoms with Gasteiger partial charge in [-0.1, -0.05) is 0 Å². The molecule has 3 aromatic heterocycles. The number of β-amino-alcohol motifs (C(OH)–C–C–N with tert-alkyl or cyclic N) is 1. The third-order valence-corrected chi connectivity index (χ3v) is 6.71. The van der Waals surface area contributed by atoms with Gasteiger partial charge in [0.05, 0.1) is 21.5 Å². The molecule has 5 heterocycles. The molecule has 1 unspecified atom stereocenters. The van der Waals surface area contributed by atoms with Crippen LogP contribution in [0.3, 0.4) is 0 Å². The first kappa shape index (κ1) is 18.5. The van der Waals surface area contributed by atoms with E-state index >= 15 is 0 Å². The van der Waals surface area contributed by atoms with Crippen LogP contribution in [0.15, 0.2) is 24.4 Å². The van der Waals surface area contributed by atoms with Crippen LogP contribution in [0.25, 0.3) is 21.9 Å². The van der Waals surface area contributed by atoms with Gasteiger partial charge in [0.25, 0.3) is 5.91 Å². The zero-order chi connectivity index (χ0) is 19.8. The van der Waals surface area contributed by atoms with Gasteiger partial charge < -0.3 is 25.6 Å². The second kappa shape index (κ2) is 7.74. The van der Waals surface area contributed by atoms with Crippen molar-refractivity contribution >= 4 is 33.4 Å². The van der Waals surface area contributed by atoms with Crippen LogP contribution >= 0.6 is 11.3 Å². The number of aromatic amines is 1. The lowest BCUT2D eigenvalue weighted by molar-refractivity contribution is 0.0932. The maximum Gasteiger partial charge on any atom is 0.253 e. The summed E-state index contributed by atoms with van der Waals surface area (Å²) in [5.74, 6) is 0.602. The van der Waals surface area contributed by atoms with Crippen molar-refractivity contribution in [3.63, 3.8) is 0 Å². The molecule has 3 aromatic rings. The smallest absolute Gasteiger partial charge is 0.253 e. The molecule has 2 aliphatic heterocycles.